The van der Waals surface area contributed by atoms with Gasteiger partial charge in [-0.1, -0.05) is 154 Å². The molecule has 0 bridgehead atoms. The third kappa shape index (κ3) is 9.51. The van der Waals surface area contributed by atoms with Crippen molar-refractivity contribution in [1.82, 2.24) is 0 Å². The first-order valence-corrected chi connectivity index (χ1v) is 30.3. The molecular weight excluding hydrogens is 1030 g/mol. The van der Waals surface area contributed by atoms with Crippen LogP contribution in [0, 0.1) is 41.5 Å². The first kappa shape index (κ1) is 53.4. The molecular formula is C81H72N4. The SMILES string of the molecule is CC1=CC=C(N(c2ccc(C)cc2)c2ccc3c(c2)C2(c4cc(N(C5=CC=C(C)CC5)c5ccc(C)cc5)ccc4-3)c3cc(N(c4ccc(C)cc4)c4ccc(C)cc4)ccc3-c3ccc(N(c4ccc(C)cc4)c4ccc(C)cc4)cc32)CC1. The lowest BCUT2D eigenvalue weighted by molar-refractivity contribution is 0.791. The van der Waals surface area contributed by atoms with Gasteiger partial charge in [0.05, 0.1) is 5.41 Å². The van der Waals surface area contributed by atoms with Crippen LogP contribution in [0.4, 0.5) is 56.9 Å². The van der Waals surface area contributed by atoms with E-state index < -0.39 is 5.41 Å². The molecule has 4 heteroatoms. The molecule has 10 aromatic carbocycles. The fourth-order valence-electron chi connectivity index (χ4n) is 13.6. The molecule has 0 aliphatic heterocycles. The summed E-state index contributed by atoms with van der Waals surface area (Å²) < 4.78 is 0. The standard InChI is InChI=1S/C81H72N4/c1-53-9-25-61(26-10-53)82(62-27-11-54(2)12-28-62)69-41-45-73-74-46-42-70(83(63-29-13-55(3)14-30-63)64-31-15-56(4)16-32-64)50-78(74)81(77(73)49-69)79-51-71(84(65-33-17-57(5)18-34-65)66-35-19-58(6)20-36-66)43-47-75(79)76-48-44-72(52-80(76)81)85(67-37-21-59(7)22-38-67)68-39-23-60(8)24-40-68/h9-19,21-23,25-35,37-39,41-52H,20,24,36,40H2,1-8H3. The smallest absolute Gasteiger partial charge is 0.0728 e. The predicted octanol–water partition coefficient (Wildman–Crippen LogP) is 22.3. The molecule has 85 heavy (non-hydrogen) atoms. The van der Waals surface area contributed by atoms with Crippen molar-refractivity contribution in [3.63, 3.8) is 0 Å². The molecule has 4 aliphatic rings. The van der Waals surface area contributed by atoms with E-state index in [-0.39, 0.29) is 0 Å². The number of allylic oxidation sites excluding steroid dienone is 8. The molecule has 0 aromatic heterocycles. The largest absolute Gasteiger partial charge is 0.314 e. The van der Waals surface area contributed by atoms with Crippen LogP contribution in [0.5, 0.6) is 0 Å². The molecule has 0 atom stereocenters. The van der Waals surface area contributed by atoms with Crippen LogP contribution in [0.3, 0.4) is 0 Å². The van der Waals surface area contributed by atoms with Crippen molar-refractivity contribution in [1.29, 1.82) is 0 Å². The number of fused-ring (bicyclic) bond motifs is 10. The normalized spacial score (nSPS) is 14.3. The summed E-state index contributed by atoms with van der Waals surface area (Å²) in [7, 11) is 0. The lowest BCUT2D eigenvalue weighted by atomic mass is 9.70. The van der Waals surface area contributed by atoms with Crippen LogP contribution >= 0.6 is 0 Å². The summed E-state index contributed by atoms with van der Waals surface area (Å²) in [5, 5.41) is 0. The van der Waals surface area contributed by atoms with Crippen LogP contribution in [-0.2, 0) is 5.41 Å². The number of rotatable bonds is 12. The maximum absolute atomic E-state index is 2.57. The molecule has 0 unspecified atom stereocenters. The Bertz CT molecular complexity index is 3970. The van der Waals surface area contributed by atoms with E-state index in [2.05, 4.69) is 318 Å². The van der Waals surface area contributed by atoms with Crippen molar-refractivity contribution < 1.29 is 0 Å². The van der Waals surface area contributed by atoms with Gasteiger partial charge in [-0.3, -0.25) is 0 Å². The molecule has 0 amide bonds. The van der Waals surface area contributed by atoms with Crippen molar-refractivity contribution in [2.24, 2.45) is 0 Å². The molecule has 0 radical (unpaired) electrons. The van der Waals surface area contributed by atoms with Gasteiger partial charge >= 0.3 is 0 Å². The average Bonchev–Trinajstić information content (AvgIpc) is 1.63. The number of anilines is 10. The minimum atomic E-state index is -0.807. The van der Waals surface area contributed by atoms with Gasteiger partial charge < -0.3 is 19.6 Å². The molecule has 416 valence electrons. The van der Waals surface area contributed by atoms with Crippen LogP contribution in [0.2, 0.25) is 0 Å². The Balaban J connectivity index is 1.10. The Hall–Kier alpha value is -9.64. The lowest BCUT2D eigenvalue weighted by Crippen LogP contribution is -2.28. The van der Waals surface area contributed by atoms with E-state index in [9.17, 15) is 0 Å². The van der Waals surface area contributed by atoms with E-state index in [1.54, 1.807) is 0 Å². The number of hydrogen-bond donors (Lipinski definition) is 0. The van der Waals surface area contributed by atoms with Gasteiger partial charge in [0.1, 0.15) is 0 Å². The number of aryl methyl sites for hydroxylation is 6. The molecule has 0 saturated heterocycles. The van der Waals surface area contributed by atoms with Gasteiger partial charge in [-0.2, -0.15) is 0 Å². The van der Waals surface area contributed by atoms with Crippen LogP contribution in [0.1, 0.15) is 95.2 Å². The molecule has 0 N–H and O–H groups in total. The molecule has 4 aliphatic carbocycles. The lowest BCUT2D eigenvalue weighted by Gasteiger charge is -2.35. The van der Waals surface area contributed by atoms with Gasteiger partial charge in [-0.05, 0) is 259 Å². The third-order valence-corrected chi connectivity index (χ3v) is 18.2. The fraction of sp³-hybridized carbons (Fsp3) is 0.160. The Labute approximate surface area is 503 Å². The highest BCUT2D eigenvalue weighted by Gasteiger charge is 2.53. The van der Waals surface area contributed by atoms with E-state index in [4.69, 9.17) is 0 Å². The van der Waals surface area contributed by atoms with Crippen LogP contribution in [0.25, 0.3) is 22.3 Å². The van der Waals surface area contributed by atoms with Crippen LogP contribution < -0.4 is 19.6 Å². The minimum Gasteiger partial charge on any atom is -0.314 e. The second kappa shape index (κ2) is 21.5. The topological polar surface area (TPSA) is 13.0 Å². The Morgan fingerprint density at radius 1 is 0.224 bits per heavy atom. The Kier molecular flexibility index (Phi) is 13.5. The van der Waals surface area contributed by atoms with Gasteiger partial charge in [0.25, 0.3) is 0 Å². The first-order valence-electron chi connectivity index (χ1n) is 30.3. The summed E-state index contributed by atoms with van der Waals surface area (Å²) in [5.41, 5.74) is 33.3. The molecule has 0 fully saturated rings. The summed E-state index contributed by atoms with van der Waals surface area (Å²) >= 11 is 0. The molecule has 0 saturated carbocycles. The highest BCUT2D eigenvalue weighted by Crippen LogP contribution is 2.65. The van der Waals surface area contributed by atoms with E-state index in [1.807, 2.05) is 0 Å². The van der Waals surface area contributed by atoms with Crippen molar-refractivity contribution in [3.05, 3.63) is 321 Å². The second-order valence-electron chi connectivity index (χ2n) is 24.4. The van der Waals surface area contributed by atoms with E-state index >= 15 is 0 Å². The molecule has 4 nitrogen and oxygen atoms in total. The Morgan fingerprint density at radius 2 is 0.435 bits per heavy atom. The minimum absolute atomic E-state index is 0.807. The average molecular weight is 1100 g/mol. The fourth-order valence-corrected chi connectivity index (χ4v) is 13.6. The summed E-state index contributed by atoms with van der Waals surface area (Å²) in [6.45, 7) is 17.6. The number of nitrogens with zero attached hydrogens (tertiary/aromatic N) is 4. The van der Waals surface area contributed by atoms with Crippen molar-refractivity contribution in [3.8, 4) is 22.3 Å². The second-order valence-corrected chi connectivity index (χ2v) is 24.4. The number of benzene rings is 10. The zero-order chi connectivity index (χ0) is 58.1. The Morgan fingerprint density at radius 3 is 0.659 bits per heavy atom. The maximum Gasteiger partial charge on any atom is 0.0728 e. The summed E-state index contributed by atoms with van der Waals surface area (Å²) in [5.74, 6) is 0. The molecule has 1 spiro atoms. The molecule has 14 rings (SSSR count). The molecule has 0 heterocycles. The van der Waals surface area contributed by atoms with E-state index in [1.165, 1.54) is 100 Å². The number of hydrogen-bond acceptors (Lipinski definition) is 4. The van der Waals surface area contributed by atoms with E-state index in [0.29, 0.717) is 0 Å². The van der Waals surface area contributed by atoms with Crippen LogP contribution in [-0.4, -0.2) is 0 Å². The van der Waals surface area contributed by atoms with E-state index in [0.717, 1.165) is 82.6 Å². The first-order chi connectivity index (χ1) is 41.4. The predicted molar refractivity (Wildman–Crippen MR) is 360 cm³/mol. The maximum atomic E-state index is 2.57. The third-order valence-electron chi connectivity index (χ3n) is 18.2. The van der Waals surface area contributed by atoms with Gasteiger partial charge in [0.2, 0.25) is 0 Å². The van der Waals surface area contributed by atoms with Gasteiger partial charge in [0, 0.05) is 68.3 Å². The van der Waals surface area contributed by atoms with Gasteiger partial charge in [-0.25, -0.2) is 0 Å². The highest BCUT2D eigenvalue weighted by molar-refractivity contribution is 5.99. The van der Waals surface area contributed by atoms with Crippen LogP contribution in [0.15, 0.2) is 265 Å². The monoisotopic (exact) mass is 1100 g/mol. The van der Waals surface area contributed by atoms with Gasteiger partial charge in [-0.15, -0.1) is 0 Å². The zero-order valence-corrected chi connectivity index (χ0v) is 50.2. The quantitative estimate of drug-likeness (QED) is 0.121. The zero-order valence-electron chi connectivity index (χ0n) is 50.2. The van der Waals surface area contributed by atoms with Crippen molar-refractivity contribution in [2.75, 3.05) is 19.6 Å². The van der Waals surface area contributed by atoms with Gasteiger partial charge in [0.15, 0.2) is 0 Å². The summed E-state index contributed by atoms with van der Waals surface area (Å²) in [4.78, 5) is 9.97. The summed E-state index contributed by atoms with van der Waals surface area (Å²) in [6, 6.07) is 83.8. The van der Waals surface area contributed by atoms with Crippen molar-refractivity contribution >= 4 is 56.9 Å². The highest BCUT2D eigenvalue weighted by atomic mass is 15.2. The molecule has 10 aromatic rings. The summed E-state index contributed by atoms with van der Waals surface area (Å²) in [6.07, 6.45) is 13.3. The van der Waals surface area contributed by atoms with Crippen molar-refractivity contribution in [2.45, 2.75) is 86.5 Å².